The van der Waals surface area contributed by atoms with E-state index in [0.29, 0.717) is 28.0 Å². The smallest absolute Gasteiger partial charge is 0.292 e. The van der Waals surface area contributed by atoms with Crippen LogP contribution in [0.3, 0.4) is 0 Å². The fourth-order valence-electron chi connectivity index (χ4n) is 3.45. The van der Waals surface area contributed by atoms with E-state index in [2.05, 4.69) is 20.3 Å². The minimum Gasteiger partial charge on any atom is -0.380 e. The number of fused-ring (bicyclic) bond motifs is 4. The van der Waals surface area contributed by atoms with Gasteiger partial charge in [0.25, 0.3) is 5.56 Å². The van der Waals surface area contributed by atoms with Crippen molar-refractivity contribution in [3.05, 3.63) is 64.2 Å². The molecule has 4 aromatic heterocycles. The van der Waals surface area contributed by atoms with Gasteiger partial charge in [-0.05, 0) is 30.7 Å². The number of ether oxygens (including phenoxy) is 1. The zero-order chi connectivity index (χ0) is 19.3. The molecule has 7 nitrogen and oxygen atoms in total. The van der Waals surface area contributed by atoms with Crippen molar-refractivity contribution in [1.82, 2.24) is 25.0 Å². The first-order valence-corrected chi connectivity index (χ1v) is 9.51. The maximum atomic E-state index is 13.3. The molecule has 0 saturated heterocycles. The summed E-state index contributed by atoms with van der Waals surface area (Å²) in [6.07, 6.45) is 1.70. The Balaban J connectivity index is 1.84. The molecule has 0 N–H and O–H groups in total. The molecule has 0 amide bonds. The van der Waals surface area contributed by atoms with E-state index in [1.54, 1.807) is 13.3 Å². The van der Waals surface area contributed by atoms with Crippen molar-refractivity contribution in [2.24, 2.45) is 0 Å². The molecule has 28 heavy (non-hydrogen) atoms. The van der Waals surface area contributed by atoms with E-state index in [0.717, 1.165) is 26.9 Å². The van der Waals surface area contributed by atoms with E-state index >= 15 is 0 Å². The molecule has 0 aliphatic carbocycles. The normalized spacial score (nSPS) is 11.6. The van der Waals surface area contributed by atoms with Gasteiger partial charge in [0, 0.05) is 29.8 Å². The van der Waals surface area contributed by atoms with Crippen LogP contribution in [0.1, 0.15) is 11.3 Å². The van der Waals surface area contributed by atoms with Gasteiger partial charge in [-0.3, -0.25) is 9.78 Å². The van der Waals surface area contributed by atoms with Crippen molar-refractivity contribution in [3.63, 3.8) is 0 Å². The summed E-state index contributed by atoms with van der Waals surface area (Å²) in [5.41, 5.74) is 3.47. The zero-order valence-electron chi connectivity index (χ0n) is 15.2. The number of nitrogens with zero attached hydrogens (tertiary/aromatic N) is 5. The van der Waals surface area contributed by atoms with Crippen LogP contribution >= 0.6 is 11.3 Å². The average Bonchev–Trinajstić information content (AvgIpc) is 3.07. The number of thiophene rings is 1. The van der Waals surface area contributed by atoms with Crippen molar-refractivity contribution < 1.29 is 4.74 Å². The largest absolute Gasteiger partial charge is 0.380 e. The Hall–Kier alpha value is -3.23. The second-order valence-electron chi connectivity index (χ2n) is 6.47. The second kappa shape index (κ2) is 6.43. The summed E-state index contributed by atoms with van der Waals surface area (Å²) in [5, 5.41) is 10.4. The Kier molecular flexibility index (Phi) is 3.88. The Labute approximate surface area is 163 Å². The van der Waals surface area contributed by atoms with Gasteiger partial charge in [-0.25, -0.2) is 4.98 Å². The van der Waals surface area contributed by atoms with Crippen molar-refractivity contribution >= 4 is 42.7 Å². The summed E-state index contributed by atoms with van der Waals surface area (Å²) >= 11 is 1.33. The number of para-hydroxylation sites is 1. The van der Waals surface area contributed by atoms with Crippen LogP contribution in [0.2, 0.25) is 0 Å². The van der Waals surface area contributed by atoms with Crippen molar-refractivity contribution in [2.75, 3.05) is 7.11 Å². The van der Waals surface area contributed by atoms with Crippen LogP contribution in [0, 0.1) is 6.92 Å². The van der Waals surface area contributed by atoms with Gasteiger partial charge in [0.15, 0.2) is 0 Å². The lowest BCUT2D eigenvalue weighted by molar-refractivity contribution is 0.186. The highest BCUT2D eigenvalue weighted by molar-refractivity contribution is 7.25. The Morgan fingerprint density at radius 2 is 2.04 bits per heavy atom. The standard InChI is InChI=1S/C20H15N5O2S/c1-11-9-13(10-27-2)15-17-18(28-19(15)22-11)20(26)25(24-23-17)14-7-3-5-12-6-4-8-21-16(12)14/h3-9H,10H2,1-2H3. The van der Waals surface area contributed by atoms with Crippen LogP contribution in [0.5, 0.6) is 0 Å². The number of rotatable bonds is 3. The second-order valence-corrected chi connectivity index (χ2v) is 7.47. The number of aromatic nitrogens is 5. The fraction of sp³-hybridized carbons (Fsp3) is 0.150. The lowest BCUT2D eigenvalue weighted by Gasteiger charge is -2.07. The third-order valence-corrected chi connectivity index (χ3v) is 5.67. The van der Waals surface area contributed by atoms with Crippen molar-refractivity contribution in [2.45, 2.75) is 13.5 Å². The fourth-order valence-corrected chi connectivity index (χ4v) is 4.57. The zero-order valence-corrected chi connectivity index (χ0v) is 16.0. The lowest BCUT2D eigenvalue weighted by Crippen LogP contribution is -2.22. The first-order valence-electron chi connectivity index (χ1n) is 8.69. The number of hydrogen-bond donors (Lipinski definition) is 0. The summed E-state index contributed by atoms with van der Waals surface area (Å²) in [6.45, 7) is 2.35. The molecule has 0 radical (unpaired) electrons. The summed E-state index contributed by atoms with van der Waals surface area (Å²) in [7, 11) is 1.64. The van der Waals surface area contributed by atoms with Crippen LogP contribution in [0.4, 0.5) is 0 Å². The molecule has 0 bridgehead atoms. The first-order chi connectivity index (χ1) is 13.7. The molecule has 0 saturated carbocycles. The molecule has 0 spiro atoms. The molecule has 1 aromatic carbocycles. The molecule has 0 fully saturated rings. The molecule has 5 aromatic rings. The van der Waals surface area contributed by atoms with E-state index < -0.39 is 0 Å². The van der Waals surface area contributed by atoms with E-state index in [1.807, 2.05) is 43.3 Å². The highest BCUT2D eigenvalue weighted by Gasteiger charge is 2.18. The lowest BCUT2D eigenvalue weighted by atomic mass is 10.1. The summed E-state index contributed by atoms with van der Waals surface area (Å²) in [5.74, 6) is 0. The number of benzene rings is 1. The number of methoxy groups -OCH3 is 1. The summed E-state index contributed by atoms with van der Waals surface area (Å²) in [6, 6.07) is 11.4. The van der Waals surface area contributed by atoms with Gasteiger partial charge in [0.05, 0.1) is 17.8 Å². The van der Waals surface area contributed by atoms with Gasteiger partial charge in [-0.15, -0.1) is 16.4 Å². The molecule has 8 heteroatoms. The minimum absolute atomic E-state index is 0.229. The van der Waals surface area contributed by atoms with Gasteiger partial charge in [-0.1, -0.05) is 23.4 Å². The van der Waals surface area contributed by atoms with Crippen LogP contribution in [-0.4, -0.2) is 32.1 Å². The van der Waals surface area contributed by atoms with Crippen LogP contribution in [0.15, 0.2) is 47.4 Å². The molecule has 0 unspecified atom stereocenters. The van der Waals surface area contributed by atoms with Crippen LogP contribution in [-0.2, 0) is 11.3 Å². The average molecular weight is 389 g/mol. The monoisotopic (exact) mass is 389 g/mol. The summed E-state index contributed by atoms with van der Waals surface area (Å²) < 4.78 is 7.15. The number of pyridine rings is 2. The Morgan fingerprint density at radius 3 is 2.89 bits per heavy atom. The van der Waals surface area contributed by atoms with E-state index in [-0.39, 0.29) is 5.56 Å². The maximum Gasteiger partial charge on any atom is 0.292 e. The van der Waals surface area contributed by atoms with Gasteiger partial charge >= 0.3 is 0 Å². The predicted molar refractivity (Wildman–Crippen MR) is 109 cm³/mol. The molecule has 0 aliphatic rings. The van der Waals surface area contributed by atoms with Gasteiger partial charge in [0.2, 0.25) is 0 Å². The maximum absolute atomic E-state index is 13.3. The predicted octanol–water partition coefficient (Wildman–Crippen LogP) is 3.39. The third kappa shape index (κ3) is 2.49. The SMILES string of the molecule is COCc1cc(C)nc2sc3c(=O)n(-c4cccc5cccnc45)nnc3c12. The molecule has 138 valence electrons. The number of hydrogen-bond acceptors (Lipinski definition) is 7. The molecule has 5 rings (SSSR count). The van der Waals surface area contributed by atoms with Gasteiger partial charge in [0.1, 0.15) is 15.0 Å². The Bertz CT molecular complexity index is 1420. The van der Waals surface area contributed by atoms with E-state index in [4.69, 9.17) is 4.74 Å². The van der Waals surface area contributed by atoms with E-state index in [1.165, 1.54) is 16.0 Å². The Morgan fingerprint density at radius 1 is 1.18 bits per heavy atom. The van der Waals surface area contributed by atoms with Crippen molar-refractivity contribution in [1.29, 1.82) is 0 Å². The molecular formula is C20H15N5O2S. The number of aryl methyl sites for hydroxylation is 1. The third-order valence-electron chi connectivity index (χ3n) is 4.61. The topological polar surface area (TPSA) is 82.8 Å². The van der Waals surface area contributed by atoms with Crippen LogP contribution in [0.25, 0.3) is 37.0 Å². The van der Waals surface area contributed by atoms with Gasteiger partial charge < -0.3 is 4.74 Å². The van der Waals surface area contributed by atoms with Crippen LogP contribution < -0.4 is 5.56 Å². The minimum atomic E-state index is -0.229. The van der Waals surface area contributed by atoms with E-state index in [9.17, 15) is 4.79 Å². The molecule has 4 heterocycles. The van der Waals surface area contributed by atoms with Crippen molar-refractivity contribution in [3.8, 4) is 5.69 Å². The first kappa shape index (κ1) is 16.9. The quantitative estimate of drug-likeness (QED) is 0.470. The molecular weight excluding hydrogens is 374 g/mol. The van der Waals surface area contributed by atoms with Gasteiger partial charge in [-0.2, -0.15) is 4.68 Å². The highest BCUT2D eigenvalue weighted by Crippen LogP contribution is 2.32. The highest BCUT2D eigenvalue weighted by atomic mass is 32.1. The summed E-state index contributed by atoms with van der Waals surface area (Å²) in [4.78, 5) is 23.0. The molecule has 0 aliphatic heterocycles. The molecule has 0 atom stereocenters.